The molecule has 4 rings (SSSR count). The molecule has 0 saturated carbocycles. The highest BCUT2D eigenvalue weighted by atomic mass is 35.5. The Balaban J connectivity index is 0.00000225. The van der Waals surface area contributed by atoms with Crippen LogP contribution in [-0.2, 0) is 19.5 Å². The summed E-state index contributed by atoms with van der Waals surface area (Å²) in [6.07, 6.45) is 0.756. The summed E-state index contributed by atoms with van der Waals surface area (Å²) in [7, 11) is 0. The molecule has 0 atom stereocenters. The quantitative estimate of drug-likeness (QED) is 0.634. The molecular formula is C20H20ClN3O2S2. The maximum absolute atomic E-state index is 12.4. The molecule has 2 aromatic heterocycles. The van der Waals surface area contributed by atoms with Crippen LogP contribution in [0.4, 0.5) is 5.00 Å². The van der Waals surface area contributed by atoms with Gasteiger partial charge in [-0.25, -0.2) is 0 Å². The van der Waals surface area contributed by atoms with Crippen LogP contribution in [0.5, 0.6) is 0 Å². The third-order valence-electron chi connectivity index (χ3n) is 4.60. The standard InChI is InChI=1S/C20H19N3O2S2.ClH/c21-18(24)17-14-8-9-23(11-13-5-2-1-3-6-13)12-16(14)27-20(17)22-19(25)15-7-4-10-26-15;/h1-7,10H,8-9,11-12H2,(H2,21,24)(H,22,25);1H. The van der Waals surface area contributed by atoms with Crippen LogP contribution in [0.3, 0.4) is 0 Å². The first-order valence-corrected chi connectivity index (χ1v) is 10.4. The van der Waals surface area contributed by atoms with Crippen molar-refractivity contribution in [1.29, 1.82) is 0 Å². The van der Waals surface area contributed by atoms with Gasteiger partial charge in [0.2, 0.25) is 0 Å². The molecule has 0 bridgehead atoms. The van der Waals surface area contributed by atoms with E-state index in [0.717, 1.165) is 36.5 Å². The minimum atomic E-state index is -0.481. The molecule has 3 aromatic rings. The Bertz CT molecular complexity index is 971. The Labute approximate surface area is 177 Å². The number of nitrogens with two attached hydrogens (primary N) is 1. The molecule has 2 amide bonds. The SMILES string of the molecule is Cl.NC(=O)c1c(NC(=O)c2cccs2)sc2c1CCN(Cc1ccccc1)C2. The third-order valence-corrected chi connectivity index (χ3v) is 6.60. The molecule has 0 saturated heterocycles. The Morgan fingerprint density at radius 1 is 1.14 bits per heavy atom. The number of primary amides is 1. The number of hydrogen-bond acceptors (Lipinski definition) is 5. The van der Waals surface area contributed by atoms with E-state index in [1.54, 1.807) is 6.07 Å². The van der Waals surface area contributed by atoms with Crippen molar-refractivity contribution >= 4 is 51.9 Å². The van der Waals surface area contributed by atoms with Gasteiger partial charge < -0.3 is 11.1 Å². The fourth-order valence-corrected chi connectivity index (χ4v) is 5.26. The second-order valence-corrected chi connectivity index (χ2v) is 8.50. The van der Waals surface area contributed by atoms with Crippen LogP contribution in [0.1, 0.15) is 36.0 Å². The lowest BCUT2D eigenvalue weighted by atomic mass is 10.0. The van der Waals surface area contributed by atoms with Crippen molar-refractivity contribution in [2.45, 2.75) is 19.5 Å². The Morgan fingerprint density at radius 2 is 1.93 bits per heavy atom. The maximum atomic E-state index is 12.4. The van der Waals surface area contributed by atoms with E-state index in [0.29, 0.717) is 15.4 Å². The first kappa shape index (κ1) is 20.5. The van der Waals surface area contributed by atoms with E-state index in [4.69, 9.17) is 5.73 Å². The van der Waals surface area contributed by atoms with Gasteiger partial charge in [-0.1, -0.05) is 36.4 Å². The fourth-order valence-electron chi connectivity index (χ4n) is 3.35. The van der Waals surface area contributed by atoms with Crippen molar-refractivity contribution in [1.82, 2.24) is 4.90 Å². The van der Waals surface area contributed by atoms with Gasteiger partial charge in [-0.2, -0.15) is 0 Å². The summed E-state index contributed by atoms with van der Waals surface area (Å²) in [5, 5.41) is 5.30. The molecule has 8 heteroatoms. The van der Waals surface area contributed by atoms with Gasteiger partial charge in [0.05, 0.1) is 10.4 Å². The second kappa shape index (κ2) is 8.87. The number of amides is 2. The molecule has 0 spiro atoms. The molecule has 1 aliphatic rings. The maximum Gasteiger partial charge on any atom is 0.266 e. The number of carbonyl (C=O) groups is 2. The van der Waals surface area contributed by atoms with Crippen LogP contribution < -0.4 is 11.1 Å². The van der Waals surface area contributed by atoms with Crippen LogP contribution in [-0.4, -0.2) is 23.3 Å². The number of rotatable bonds is 5. The molecule has 0 radical (unpaired) electrons. The van der Waals surface area contributed by atoms with E-state index in [2.05, 4.69) is 22.3 Å². The van der Waals surface area contributed by atoms with Crippen molar-refractivity contribution in [3.8, 4) is 0 Å². The number of nitrogens with one attached hydrogen (secondary N) is 1. The van der Waals surface area contributed by atoms with Crippen LogP contribution in [0.2, 0.25) is 0 Å². The lowest BCUT2D eigenvalue weighted by Gasteiger charge is -2.27. The van der Waals surface area contributed by atoms with Crippen LogP contribution in [0.25, 0.3) is 0 Å². The van der Waals surface area contributed by atoms with Crippen molar-refractivity contribution in [3.63, 3.8) is 0 Å². The van der Waals surface area contributed by atoms with Gasteiger partial charge in [-0.05, 0) is 29.0 Å². The first-order valence-electron chi connectivity index (χ1n) is 8.67. The van der Waals surface area contributed by atoms with Crippen molar-refractivity contribution in [2.75, 3.05) is 11.9 Å². The normalized spacial score (nSPS) is 13.4. The molecule has 1 aromatic carbocycles. The molecule has 146 valence electrons. The summed E-state index contributed by atoms with van der Waals surface area (Å²) in [6, 6.07) is 13.9. The summed E-state index contributed by atoms with van der Waals surface area (Å²) in [6.45, 7) is 2.47. The molecule has 0 fully saturated rings. The van der Waals surface area contributed by atoms with Crippen molar-refractivity contribution < 1.29 is 9.59 Å². The second-order valence-electron chi connectivity index (χ2n) is 6.45. The Kier molecular flexibility index (Phi) is 6.51. The summed E-state index contributed by atoms with van der Waals surface area (Å²) < 4.78 is 0. The zero-order valence-electron chi connectivity index (χ0n) is 15.0. The largest absolute Gasteiger partial charge is 0.365 e. The lowest BCUT2D eigenvalue weighted by molar-refractivity contribution is 0.0999. The fraction of sp³-hybridized carbons (Fsp3) is 0.200. The van der Waals surface area contributed by atoms with Crippen LogP contribution >= 0.6 is 35.1 Å². The molecule has 0 aliphatic carbocycles. The number of carbonyl (C=O) groups excluding carboxylic acids is 2. The topological polar surface area (TPSA) is 75.4 Å². The Hall–Kier alpha value is -2.19. The lowest BCUT2D eigenvalue weighted by Crippen LogP contribution is -2.30. The average molecular weight is 434 g/mol. The number of anilines is 1. The number of thiophene rings is 2. The monoisotopic (exact) mass is 433 g/mol. The van der Waals surface area contributed by atoms with Gasteiger partial charge in [0.1, 0.15) is 5.00 Å². The van der Waals surface area contributed by atoms with E-state index in [1.807, 2.05) is 29.6 Å². The highest BCUT2D eigenvalue weighted by Gasteiger charge is 2.28. The van der Waals surface area contributed by atoms with Crippen LogP contribution in [0, 0.1) is 0 Å². The van der Waals surface area contributed by atoms with Crippen LogP contribution in [0.15, 0.2) is 47.8 Å². The molecule has 0 unspecified atom stereocenters. The molecular weight excluding hydrogens is 414 g/mol. The predicted molar refractivity (Wildman–Crippen MR) is 117 cm³/mol. The zero-order valence-corrected chi connectivity index (χ0v) is 17.5. The average Bonchev–Trinajstić information content (AvgIpc) is 3.29. The van der Waals surface area contributed by atoms with Crippen molar-refractivity contribution in [3.05, 3.63) is 74.3 Å². The molecule has 3 N–H and O–H groups in total. The van der Waals surface area contributed by atoms with Gasteiger partial charge in [-0.3, -0.25) is 14.5 Å². The molecule has 1 aliphatic heterocycles. The smallest absolute Gasteiger partial charge is 0.266 e. The number of benzene rings is 1. The van der Waals surface area contributed by atoms with E-state index in [-0.39, 0.29) is 18.3 Å². The molecule has 28 heavy (non-hydrogen) atoms. The van der Waals surface area contributed by atoms with Gasteiger partial charge in [0.25, 0.3) is 11.8 Å². The van der Waals surface area contributed by atoms with E-state index >= 15 is 0 Å². The minimum absolute atomic E-state index is 0. The number of halogens is 1. The van der Waals surface area contributed by atoms with Gasteiger partial charge in [0, 0.05) is 24.5 Å². The van der Waals surface area contributed by atoms with E-state index in [1.165, 1.54) is 28.2 Å². The van der Waals surface area contributed by atoms with E-state index in [9.17, 15) is 9.59 Å². The third kappa shape index (κ3) is 4.28. The Morgan fingerprint density at radius 3 is 2.61 bits per heavy atom. The van der Waals surface area contributed by atoms with Gasteiger partial charge >= 0.3 is 0 Å². The van der Waals surface area contributed by atoms with E-state index < -0.39 is 5.91 Å². The molecule has 3 heterocycles. The summed E-state index contributed by atoms with van der Waals surface area (Å²) in [4.78, 5) is 28.5. The zero-order chi connectivity index (χ0) is 18.8. The minimum Gasteiger partial charge on any atom is -0.365 e. The summed E-state index contributed by atoms with van der Waals surface area (Å²) >= 11 is 2.83. The number of hydrogen-bond donors (Lipinski definition) is 2. The van der Waals surface area contributed by atoms with Gasteiger partial charge in [0.15, 0.2) is 0 Å². The highest BCUT2D eigenvalue weighted by molar-refractivity contribution is 7.17. The summed E-state index contributed by atoms with van der Waals surface area (Å²) in [5.74, 6) is -0.683. The summed E-state index contributed by atoms with van der Waals surface area (Å²) in [5.41, 5.74) is 8.36. The first-order chi connectivity index (χ1) is 13.1. The predicted octanol–water partition coefficient (Wildman–Crippen LogP) is 4.14. The number of nitrogens with zero attached hydrogens (tertiary/aromatic N) is 1. The highest BCUT2D eigenvalue weighted by Crippen LogP contribution is 2.37. The molecule has 5 nitrogen and oxygen atoms in total. The van der Waals surface area contributed by atoms with Crippen molar-refractivity contribution in [2.24, 2.45) is 5.73 Å². The van der Waals surface area contributed by atoms with Gasteiger partial charge in [-0.15, -0.1) is 35.1 Å². The number of fused-ring (bicyclic) bond motifs is 1.